The van der Waals surface area contributed by atoms with Gasteiger partial charge in [0.15, 0.2) is 5.65 Å². The molecule has 2 rings (SSSR count). The number of hydrogen-bond acceptors (Lipinski definition) is 5. The normalized spacial score (nSPS) is 10.8. The number of carbonyl (C=O) groups excluding carboxylic acids is 1. The smallest absolute Gasteiger partial charge is 0.264 e. The summed E-state index contributed by atoms with van der Waals surface area (Å²) >= 11 is 0. The van der Waals surface area contributed by atoms with E-state index in [2.05, 4.69) is 15.4 Å². The summed E-state index contributed by atoms with van der Waals surface area (Å²) in [4.78, 5) is 27.5. The fraction of sp³-hybridized carbons (Fsp3) is 0.400. The van der Waals surface area contributed by atoms with E-state index in [1.165, 1.54) is 21.8 Å². The van der Waals surface area contributed by atoms with Gasteiger partial charge in [-0.2, -0.15) is 5.10 Å². The fourth-order valence-electron chi connectivity index (χ4n) is 1.59. The van der Waals surface area contributed by atoms with Crippen molar-refractivity contribution >= 4 is 16.9 Å². The minimum atomic E-state index is -0.351. The van der Waals surface area contributed by atoms with Crippen LogP contribution in [0.1, 0.15) is 0 Å². The number of nitrogens with one attached hydrogen (secondary N) is 1. The number of aliphatic hydroxyl groups excluding tert-OH is 1. The molecule has 0 spiro atoms. The molecule has 1 amide bonds. The van der Waals surface area contributed by atoms with Crippen molar-refractivity contribution in [1.82, 2.24) is 24.6 Å². The third-order valence-corrected chi connectivity index (χ3v) is 2.47. The lowest BCUT2D eigenvalue weighted by Gasteiger charge is -2.05. The van der Waals surface area contributed by atoms with E-state index in [0.717, 1.165) is 0 Å². The number of aryl methyl sites for hydroxylation is 1. The van der Waals surface area contributed by atoms with Crippen LogP contribution in [0, 0.1) is 0 Å². The van der Waals surface area contributed by atoms with Gasteiger partial charge in [0.1, 0.15) is 18.3 Å². The van der Waals surface area contributed by atoms with Gasteiger partial charge >= 0.3 is 0 Å². The molecule has 0 saturated carbocycles. The summed E-state index contributed by atoms with van der Waals surface area (Å²) in [5, 5.41) is 15.3. The number of carbonyl (C=O) groups is 1. The van der Waals surface area contributed by atoms with Crippen LogP contribution in [-0.4, -0.2) is 43.5 Å². The van der Waals surface area contributed by atoms with Gasteiger partial charge in [-0.25, -0.2) is 4.98 Å². The van der Waals surface area contributed by atoms with Crippen molar-refractivity contribution < 1.29 is 9.90 Å². The number of rotatable bonds is 4. The molecule has 2 aromatic rings. The Kier molecular flexibility index (Phi) is 3.38. The van der Waals surface area contributed by atoms with Gasteiger partial charge in [-0.15, -0.1) is 0 Å². The van der Waals surface area contributed by atoms with Gasteiger partial charge in [-0.05, 0) is 0 Å². The Hall–Kier alpha value is -2.22. The Bertz CT molecular complexity index is 630. The maximum absolute atomic E-state index is 12.0. The van der Waals surface area contributed by atoms with Crippen LogP contribution in [0.25, 0.3) is 11.0 Å². The Morgan fingerprint density at radius 2 is 2.33 bits per heavy atom. The molecular weight excluding hydrogens is 238 g/mol. The number of aliphatic hydroxyl groups is 1. The first-order valence-electron chi connectivity index (χ1n) is 5.38. The van der Waals surface area contributed by atoms with Crippen LogP contribution < -0.4 is 10.9 Å². The quantitative estimate of drug-likeness (QED) is 0.670. The van der Waals surface area contributed by atoms with Crippen molar-refractivity contribution in [3.8, 4) is 0 Å². The SMILES string of the molecule is Cn1ncc2c(=O)n(CC(=O)NCCO)cnc21. The van der Waals surface area contributed by atoms with Crippen LogP contribution in [0.2, 0.25) is 0 Å². The van der Waals surface area contributed by atoms with Gasteiger partial charge in [0.05, 0.1) is 12.8 Å². The molecule has 0 aromatic carbocycles. The van der Waals surface area contributed by atoms with E-state index >= 15 is 0 Å². The highest BCUT2D eigenvalue weighted by Crippen LogP contribution is 2.02. The molecular formula is C10H13N5O3. The van der Waals surface area contributed by atoms with Crippen LogP contribution >= 0.6 is 0 Å². The number of amides is 1. The Balaban J connectivity index is 2.27. The summed E-state index contributed by atoms with van der Waals surface area (Å²) in [5.41, 5.74) is 0.166. The van der Waals surface area contributed by atoms with Crippen molar-refractivity contribution in [1.29, 1.82) is 0 Å². The van der Waals surface area contributed by atoms with E-state index in [-0.39, 0.29) is 31.2 Å². The van der Waals surface area contributed by atoms with Crippen LogP contribution in [0.3, 0.4) is 0 Å². The summed E-state index contributed by atoms with van der Waals surface area (Å²) in [5.74, 6) is -0.351. The van der Waals surface area contributed by atoms with Gasteiger partial charge in [0.25, 0.3) is 5.56 Å². The number of fused-ring (bicyclic) bond motifs is 1. The van der Waals surface area contributed by atoms with E-state index in [1.54, 1.807) is 7.05 Å². The average molecular weight is 251 g/mol. The minimum absolute atomic E-state index is 0.128. The zero-order valence-corrected chi connectivity index (χ0v) is 9.83. The van der Waals surface area contributed by atoms with Crippen LogP contribution in [0.15, 0.2) is 17.3 Å². The Labute approximate surface area is 102 Å². The second-order valence-electron chi connectivity index (χ2n) is 3.76. The average Bonchev–Trinajstić information content (AvgIpc) is 2.73. The molecule has 18 heavy (non-hydrogen) atoms. The lowest BCUT2D eigenvalue weighted by molar-refractivity contribution is -0.121. The molecule has 0 aliphatic rings. The molecule has 0 saturated heterocycles. The highest BCUT2D eigenvalue weighted by molar-refractivity contribution is 5.77. The second-order valence-corrected chi connectivity index (χ2v) is 3.76. The number of aromatic nitrogens is 4. The summed E-state index contributed by atoms with van der Waals surface area (Å²) < 4.78 is 2.70. The molecule has 2 heterocycles. The summed E-state index contributed by atoms with van der Waals surface area (Å²) in [6.45, 7) is -0.104. The first-order chi connectivity index (χ1) is 8.63. The van der Waals surface area contributed by atoms with E-state index in [0.29, 0.717) is 11.0 Å². The van der Waals surface area contributed by atoms with Gasteiger partial charge in [-0.3, -0.25) is 18.8 Å². The number of nitrogens with zero attached hydrogens (tertiary/aromatic N) is 4. The van der Waals surface area contributed by atoms with E-state index in [1.807, 2.05) is 0 Å². The molecule has 0 fully saturated rings. The number of hydrogen-bond donors (Lipinski definition) is 2. The standard InChI is InChI=1S/C10H13N5O3/c1-14-9-7(4-13-14)10(18)15(6-12-9)5-8(17)11-2-3-16/h4,6,16H,2-3,5H2,1H3,(H,11,17). The maximum atomic E-state index is 12.0. The molecule has 96 valence electrons. The topological polar surface area (TPSA) is 102 Å². The largest absolute Gasteiger partial charge is 0.395 e. The molecule has 0 aliphatic heterocycles. The minimum Gasteiger partial charge on any atom is -0.395 e. The van der Waals surface area contributed by atoms with Crippen LogP contribution in [0.4, 0.5) is 0 Å². The Morgan fingerprint density at radius 1 is 1.56 bits per heavy atom. The molecule has 0 unspecified atom stereocenters. The van der Waals surface area contributed by atoms with Crippen molar-refractivity contribution in [2.45, 2.75) is 6.54 Å². The predicted molar refractivity (Wildman–Crippen MR) is 62.9 cm³/mol. The molecule has 0 atom stereocenters. The van der Waals surface area contributed by atoms with E-state index in [9.17, 15) is 9.59 Å². The molecule has 8 nitrogen and oxygen atoms in total. The van der Waals surface area contributed by atoms with Crippen LogP contribution in [-0.2, 0) is 18.4 Å². The highest BCUT2D eigenvalue weighted by atomic mass is 16.3. The molecule has 0 radical (unpaired) electrons. The molecule has 2 aromatic heterocycles. The first kappa shape index (κ1) is 12.2. The van der Waals surface area contributed by atoms with E-state index < -0.39 is 0 Å². The van der Waals surface area contributed by atoms with Crippen molar-refractivity contribution in [2.24, 2.45) is 7.05 Å². The van der Waals surface area contributed by atoms with Gasteiger partial charge in [-0.1, -0.05) is 0 Å². The third-order valence-electron chi connectivity index (χ3n) is 2.47. The molecule has 0 bridgehead atoms. The summed E-state index contributed by atoms with van der Waals surface area (Å²) in [6, 6.07) is 0. The predicted octanol–water partition coefficient (Wildman–Crippen LogP) is -1.76. The van der Waals surface area contributed by atoms with Gasteiger partial charge in [0, 0.05) is 13.6 Å². The summed E-state index contributed by atoms with van der Waals surface area (Å²) in [7, 11) is 1.69. The lowest BCUT2D eigenvalue weighted by atomic mass is 10.4. The van der Waals surface area contributed by atoms with Gasteiger partial charge < -0.3 is 10.4 Å². The summed E-state index contributed by atoms with van der Waals surface area (Å²) in [6.07, 6.45) is 2.73. The zero-order valence-electron chi connectivity index (χ0n) is 9.83. The highest BCUT2D eigenvalue weighted by Gasteiger charge is 2.10. The fourth-order valence-corrected chi connectivity index (χ4v) is 1.59. The van der Waals surface area contributed by atoms with Crippen molar-refractivity contribution in [3.05, 3.63) is 22.9 Å². The van der Waals surface area contributed by atoms with Crippen molar-refractivity contribution in [2.75, 3.05) is 13.2 Å². The monoisotopic (exact) mass is 251 g/mol. The lowest BCUT2D eigenvalue weighted by Crippen LogP contribution is -2.33. The van der Waals surface area contributed by atoms with Crippen LogP contribution in [0.5, 0.6) is 0 Å². The second kappa shape index (κ2) is 4.96. The van der Waals surface area contributed by atoms with Crippen molar-refractivity contribution in [3.63, 3.8) is 0 Å². The molecule has 2 N–H and O–H groups in total. The third kappa shape index (κ3) is 2.23. The molecule has 0 aliphatic carbocycles. The Morgan fingerprint density at radius 3 is 3.06 bits per heavy atom. The van der Waals surface area contributed by atoms with Gasteiger partial charge in [0.2, 0.25) is 5.91 Å². The zero-order chi connectivity index (χ0) is 13.1. The first-order valence-corrected chi connectivity index (χ1v) is 5.38. The maximum Gasteiger partial charge on any atom is 0.264 e. The molecule has 8 heteroatoms. The van der Waals surface area contributed by atoms with E-state index in [4.69, 9.17) is 5.11 Å².